The first-order valence-corrected chi connectivity index (χ1v) is 7.93. The van der Waals surface area contributed by atoms with Gasteiger partial charge in [-0.3, -0.25) is 4.79 Å². The van der Waals surface area contributed by atoms with Crippen molar-refractivity contribution in [2.75, 3.05) is 11.9 Å². The lowest BCUT2D eigenvalue weighted by Gasteiger charge is -2.14. The number of halogens is 4. The lowest BCUT2D eigenvalue weighted by molar-refractivity contribution is -0.137. The predicted molar refractivity (Wildman–Crippen MR) is 93.1 cm³/mol. The molecule has 1 amide bonds. The highest BCUT2D eigenvalue weighted by Gasteiger charge is 2.34. The van der Waals surface area contributed by atoms with E-state index in [4.69, 9.17) is 20.8 Å². The average molecular weight is 398 g/mol. The number of anilines is 1. The van der Waals surface area contributed by atoms with Gasteiger partial charge in [0.1, 0.15) is 11.3 Å². The molecule has 9 heteroatoms. The molecule has 1 heterocycles. The Morgan fingerprint density at radius 3 is 2.59 bits per heavy atom. The summed E-state index contributed by atoms with van der Waals surface area (Å²) in [6.07, 6.45) is -4.68. The van der Waals surface area contributed by atoms with Crippen molar-refractivity contribution in [1.82, 2.24) is 0 Å². The van der Waals surface area contributed by atoms with Crippen molar-refractivity contribution in [2.45, 2.75) is 6.18 Å². The second-order valence-electron chi connectivity index (χ2n) is 5.48. The summed E-state index contributed by atoms with van der Waals surface area (Å²) in [6.45, 7) is -0.539. The van der Waals surface area contributed by atoms with Gasteiger partial charge >= 0.3 is 11.8 Å². The van der Waals surface area contributed by atoms with Gasteiger partial charge in [-0.05, 0) is 36.4 Å². The van der Waals surface area contributed by atoms with E-state index in [0.29, 0.717) is 5.39 Å². The fourth-order valence-corrected chi connectivity index (χ4v) is 2.50. The van der Waals surface area contributed by atoms with Crippen LogP contribution in [0.15, 0.2) is 57.7 Å². The number of rotatable bonds is 4. The molecule has 3 rings (SSSR count). The Morgan fingerprint density at radius 1 is 1.11 bits per heavy atom. The molecular weight excluding hydrogens is 387 g/mol. The maximum absolute atomic E-state index is 13.0. The molecule has 0 unspecified atom stereocenters. The molecule has 0 aliphatic rings. The zero-order chi connectivity index (χ0) is 19.6. The summed E-state index contributed by atoms with van der Waals surface area (Å²) < 4.78 is 49.4. The van der Waals surface area contributed by atoms with Gasteiger partial charge in [0.25, 0.3) is 5.91 Å². The Bertz CT molecular complexity index is 1060. The molecule has 2 aromatic carbocycles. The van der Waals surface area contributed by atoms with Crippen LogP contribution in [0.1, 0.15) is 5.56 Å². The van der Waals surface area contributed by atoms with E-state index in [1.165, 1.54) is 18.2 Å². The number of benzene rings is 2. The fraction of sp³-hybridized carbons (Fsp3) is 0.111. The number of nitrogens with one attached hydrogen (secondary N) is 1. The van der Waals surface area contributed by atoms with Gasteiger partial charge in [-0.2, -0.15) is 13.2 Å². The molecule has 0 fully saturated rings. The van der Waals surface area contributed by atoms with Crippen molar-refractivity contribution < 1.29 is 27.1 Å². The molecule has 27 heavy (non-hydrogen) atoms. The number of hydrogen-bond donors (Lipinski definition) is 1. The Kier molecular flexibility index (Phi) is 5.09. The average Bonchev–Trinajstić information content (AvgIpc) is 2.60. The summed E-state index contributed by atoms with van der Waals surface area (Å²) in [5, 5.41) is 2.70. The molecule has 0 aliphatic heterocycles. The quantitative estimate of drug-likeness (QED) is 0.659. The molecule has 0 spiro atoms. The molecule has 1 aromatic heterocycles. The molecule has 140 valence electrons. The summed E-state index contributed by atoms with van der Waals surface area (Å²) in [6, 6.07) is 10.4. The van der Waals surface area contributed by atoms with Crippen LogP contribution in [0.5, 0.6) is 5.75 Å². The zero-order valence-electron chi connectivity index (χ0n) is 13.5. The second-order valence-corrected chi connectivity index (χ2v) is 5.92. The van der Waals surface area contributed by atoms with Crippen molar-refractivity contribution in [1.29, 1.82) is 0 Å². The molecule has 0 atom stereocenters. The molecule has 0 saturated heterocycles. The monoisotopic (exact) mass is 397 g/mol. The number of carbonyl (C=O) groups is 1. The third-order valence-corrected chi connectivity index (χ3v) is 3.76. The lowest BCUT2D eigenvalue weighted by atomic mass is 10.1. The van der Waals surface area contributed by atoms with Crippen molar-refractivity contribution in [3.05, 3.63) is 69.5 Å². The molecular formula is C18H11ClF3NO4. The largest absolute Gasteiger partial charge is 0.484 e. The Hall–Kier alpha value is -3.00. The SMILES string of the molecule is O=C(COc1ccc2ccc(=O)oc2c1)Nc1ccc(Cl)cc1C(F)(F)F. The summed E-state index contributed by atoms with van der Waals surface area (Å²) >= 11 is 5.59. The first-order valence-electron chi connectivity index (χ1n) is 7.56. The topological polar surface area (TPSA) is 68.5 Å². The standard InChI is InChI=1S/C18H11ClF3NO4/c19-11-3-5-14(13(7-11)18(20,21)22)23-16(24)9-26-12-4-1-10-2-6-17(25)27-15(10)8-12/h1-8H,9H2,(H,23,24). The van der Waals surface area contributed by atoms with Crippen LogP contribution >= 0.6 is 11.6 Å². The maximum atomic E-state index is 13.0. The van der Waals surface area contributed by atoms with Gasteiger partial charge in [0, 0.05) is 22.5 Å². The first kappa shape index (κ1) is 18.8. The van der Waals surface area contributed by atoms with Crippen LogP contribution in [0.2, 0.25) is 5.02 Å². The fourth-order valence-electron chi connectivity index (χ4n) is 2.33. The minimum atomic E-state index is -4.68. The van der Waals surface area contributed by atoms with Crippen LogP contribution in [0.4, 0.5) is 18.9 Å². The lowest BCUT2D eigenvalue weighted by Crippen LogP contribution is -2.22. The van der Waals surface area contributed by atoms with Gasteiger partial charge in [0.15, 0.2) is 6.61 Å². The minimum Gasteiger partial charge on any atom is -0.484 e. The molecule has 0 radical (unpaired) electrons. The van der Waals surface area contributed by atoms with Gasteiger partial charge in [-0.15, -0.1) is 0 Å². The van der Waals surface area contributed by atoms with Gasteiger partial charge in [-0.1, -0.05) is 11.6 Å². The summed E-state index contributed by atoms with van der Waals surface area (Å²) in [5.74, 6) is -0.573. The normalized spacial score (nSPS) is 11.4. The molecule has 3 aromatic rings. The predicted octanol–water partition coefficient (Wildman–Crippen LogP) is 4.48. The van der Waals surface area contributed by atoms with E-state index < -0.39 is 35.6 Å². The van der Waals surface area contributed by atoms with E-state index in [9.17, 15) is 22.8 Å². The summed E-state index contributed by atoms with van der Waals surface area (Å²) in [5.41, 5.74) is -1.77. The van der Waals surface area contributed by atoms with Crippen molar-refractivity contribution in [3.63, 3.8) is 0 Å². The Balaban J connectivity index is 1.71. The van der Waals surface area contributed by atoms with E-state index in [1.54, 1.807) is 18.2 Å². The Labute approximate surface area is 155 Å². The molecule has 0 bridgehead atoms. The Morgan fingerprint density at radius 2 is 1.85 bits per heavy atom. The van der Waals surface area contributed by atoms with Crippen molar-refractivity contribution in [3.8, 4) is 5.75 Å². The molecule has 0 saturated carbocycles. The summed E-state index contributed by atoms with van der Waals surface area (Å²) in [4.78, 5) is 23.2. The van der Waals surface area contributed by atoms with Crippen molar-refractivity contribution in [2.24, 2.45) is 0 Å². The molecule has 1 N–H and O–H groups in total. The van der Waals surface area contributed by atoms with Crippen LogP contribution < -0.4 is 15.7 Å². The van der Waals surface area contributed by atoms with Gasteiger partial charge in [-0.25, -0.2) is 4.79 Å². The van der Waals surface area contributed by atoms with Crippen molar-refractivity contribution >= 4 is 34.2 Å². The minimum absolute atomic E-state index is 0.103. The van der Waals surface area contributed by atoms with Crippen LogP contribution in [0.3, 0.4) is 0 Å². The van der Waals surface area contributed by atoms with Crippen LogP contribution in [-0.2, 0) is 11.0 Å². The molecule has 5 nitrogen and oxygen atoms in total. The highest BCUT2D eigenvalue weighted by atomic mass is 35.5. The number of alkyl halides is 3. The smallest absolute Gasteiger partial charge is 0.418 e. The van der Waals surface area contributed by atoms with E-state index >= 15 is 0 Å². The number of fused-ring (bicyclic) bond motifs is 1. The van der Waals surface area contributed by atoms with E-state index in [1.807, 2.05) is 0 Å². The molecule has 0 aliphatic carbocycles. The number of amides is 1. The van der Waals surface area contributed by atoms with E-state index in [-0.39, 0.29) is 16.4 Å². The third kappa shape index (κ3) is 4.59. The van der Waals surface area contributed by atoms with Gasteiger partial charge in [0.2, 0.25) is 0 Å². The number of carbonyl (C=O) groups excluding carboxylic acids is 1. The van der Waals surface area contributed by atoms with Crippen LogP contribution in [-0.4, -0.2) is 12.5 Å². The first-order chi connectivity index (χ1) is 12.7. The zero-order valence-corrected chi connectivity index (χ0v) is 14.2. The van der Waals surface area contributed by atoms with Gasteiger partial charge < -0.3 is 14.5 Å². The second kappa shape index (κ2) is 7.32. The van der Waals surface area contributed by atoms with Gasteiger partial charge in [0.05, 0.1) is 11.3 Å². The van der Waals surface area contributed by atoms with Crippen LogP contribution in [0, 0.1) is 0 Å². The highest BCUT2D eigenvalue weighted by molar-refractivity contribution is 6.30. The summed E-state index contributed by atoms with van der Waals surface area (Å²) in [7, 11) is 0. The van der Waals surface area contributed by atoms with E-state index in [2.05, 4.69) is 5.32 Å². The number of hydrogen-bond acceptors (Lipinski definition) is 4. The number of ether oxygens (including phenoxy) is 1. The maximum Gasteiger partial charge on any atom is 0.418 e. The van der Waals surface area contributed by atoms with E-state index in [0.717, 1.165) is 12.1 Å². The van der Waals surface area contributed by atoms with Crippen LogP contribution in [0.25, 0.3) is 11.0 Å². The third-order valence-electron chi connectivity index (χ3n) is 3.53. The highest BCUT2D eigenvalue weighted by Crippen LogP contribution is 2.36.